The second-order valence-electron chi connectivity index (χ2n) is 6.84. The molecule has 1 amide bonds. The van der Waals surface area contributed by atoms with Crippen LogP contribution in [0, 0.1) is 13.8 Å². The summed E-state index contributed by atoms with van der Waals surface area (Å²) in [5.74, 6) is -0.0683. The molecule has 9 heteroatoms. The third kappa shape index (κ3) is 3.68. The van der Waals surface area contributed by atoms with E-state index in [-0.39, 0.29) is 5.91 Å². The minimum Gasteiger partial charge on any atom is -0.372 e. The molecule has 1 aromatic heterocycles. The molecule has 0 aliphatic carbocycles. The summed E-state index contributed by atoms with van der Waals surface area (Å²) < 4.78 is 31.1. The maximum Gasteiger partial charge on any atom is 0.257 e. The molecule has 0 unspecified atom stereocenters. The van der Waals surface area contributed by atoms with Crippen LogP contribution in [-0.2, 0) is 14.8 Å². The molecule has 2 aliphatic heterocycles. The molecule has 0 saturated carbocycles. The van der Waals surface area contributed by atoms with E-state index >= 15 is 0 Å². The summed E-state index contributed by atoms with van der Waals surface area (Å²) in [6.45, 7) is 5.83. The van der Waals surface area contributed by atoms with Crippen LogP contribution in [0.15, 0.2) is 6.33 Å². The van der Waals surface area contributed by atoms with Gasteiger partial charge < -0.3 is 9.64 Å². The van der Waals surface area contributed by atoms with Crippen LogP contribution >= 0.6 is 0 Å². The van der Waals surface area contributed by atoms with E-state index in [1.165, 1.54) is 16.9 Å². The molecule has 25 heavy (non-hydrogen) atoms. The van der Waals surface area contributed by atoms with Gasteiger partial charge in [0.1, 0.15) is 6.33 Å². The van der Waals surface area contributed by atoms with Crippen molar-refractivity contribution in [1.29, 1.82) is 0 Å². The first-order valence-corrected chi connectivity index (χ1v) is 10.2. The molecule has 0 radical (unpaired) electrons. The first kappa shape index (κ1) is 18.2. The van der Waals surface area contributed by atoms with E-state index in [1.54, 1.807) is 4.90 Å². The molecule has 1 spiro atoms. The summed E-state index contributed by atoms with van der Waals surface area (Å²) in [6, 6.07) is 0. The SMILES string of the molecule is Cc1ncnc(C)c1C(=O)N1CCC2(CC1)CN(S(C)(=O)=O)CCO2. The monoisotopic (exact) mass is 368 g/mol. The minimum absolute atomic E-state index is 0.0683. The lowest BCUT2D eigenvalue weighted by Crippen LogP contribution is -2.58. The number of rotatable bonds is 2. The second kappa shape index (κ2) is 6.62. The zero-order valence-electron chi connectivity index (χ0n) is 14.9. The van der Waals surface area contributed by atoms with Crippen LogP contribution in [0.1, 0.15) is 34.6 Å². The number of aryl methyl sites for hydroxylation is 2. The lowest BCUT2D eigenvalue weighted by Gasteiger charge is -2.46. The normalized spacial score (nSPS) is 21.5. The molecule has 3 rings (SSSR count). The molecule has 2 saturated heterocycles. The largest absolute Gasteiger partial charge is 0.372 e. The van der Waals surface area contributed by atoms with Gasteiger partial charge in [-0.05, 0) is 26.7 Å². The molecule has 0 atom stereocenters. The standard InChI is InChI=1S/C16H24N4O4S/c1-12-14(13(2)18-11-17-12)15(21)19-6-4-16(5-7-19)10-20(8-9-24-16)25(3,22)23/h11H,4-10H2,1-3H3. The summed E-state index contributed by atoms with van der Waals surface area (Å²) in [5.41, 5.74) is 1.42. The molecule has 138 valence electrons. The van der Waals surface area contributed by atoms with E-state index in [4.69, 9.17) is 4.74 Å². The molecule has 0 N–H and O–H groups in total. The zero-order chi connectivity index (χ0) is 18.2. The molecule has 1 aromatic rings. The van der Waals surface area contributed by atoms with Crippen molar-refractivity contribution in [3.05, 3.63) is 23.3 Å². The predicted octanol–water partition coefficient (Wildman–Crippen LogP) is 0.360. The number of likely N-dealkylation sites (tertiary alicyclic amines) is 1. The van der Waals surface area contributed by atoms with Crippen molar-refractivity contribution in [2.45, 2.75) is 32.3 Å². The van der Waals surface area contributed by atoms with E-state index in [1.807, 2.05) is 13.8 Å². The van der Waals surface area contributed by atoms with E-state index in [2.05, 4.69) is 9.97 Å². The Balaban J connectivity index is 1.70. The van der Waals surface area contributed by atoms with Gasteiger partial charge in [0.25, 0.3) is 5.91 Å². The average Bonchev–Trinajstić information content (AvgIpc) is 2.54. The fraction of sp³-hybridized carbons (Fsp3) is 0.688. The number of hydrogen-bond donors (Lipinski definition) is 0. The molecule has 8 nitrogen and oxygen atoms in total. The summed E-state index contributed by atoms with van der Waals surface area (Å²) in [6.07, 6.45) is 3.93. The highest BCUT2D eigenvalue weighted by molar-refractivity contribution is 7.88. The Morgan fingerprint density at radius 2 is 1.76 bits per heavy atom. The molecule has 0 bridgehead atoms. The number of carbonyl (C=O) groups excluding carboxylic acids is 1. The molecular formula is C16H24N4O4S. The van der Waals surface area contributed by atoms with Crippen LogP contribution in [0.25, 0.3) is 0 Å². The smallest absolute Gasteiger partial charge is 0.257 e. The van der Waals surface area contributed by atoms with E-state index in [9.17, 15) is 13.2 Å². The maximum atomic E-state index is 12.8. The minimum atomic E-state index is -3.23. The number of carbonyl (C=O) groups is 1. The summed E-state index contributed by atoms with van der Waals surface area (Å²) >= 11 is 0. The fourth-order valence-corrected chi connectivity index (χ4v) is 4.45. The van der Waals surface area contributed by atoms with Crippen molar-refractivity contribution in [2.75, 3.05) is 39.0 Å². The van der Waals surface area contributed by atoms with Crippen LogP contribution < -0.4 is 0 Å². The van der Waals surface area contributed by atoms with Crippen LogP contribution in [0.2, 0.25) is 0 Å². The Morgan fingerprint density at radius 3 is 2.32 bits per heavy atom. The van der Waals surface area contributed by atoms with Gasteiger partial charge in [0.15, 0.2) is 0 Å². The summed E-state index contributed by atoms with van der Waals surface area (Å²) in [4.78, 5) is 22.9. The Hall–Kier alpha value is -1.58. The number of hydrogen-bond acceptors (Lipinski definition) is 6. The number of ether oxygens (including phenoxy) is 1. The third-order valence-electron chi connectivity index (χ3n) is 5.08. The van der Waals surface area contributed by atoms with E-state index in [0.29, 0.717) is 62.6 Å². The lowest BCUT2D eigenvalue weighted by molar-refractivity contribution is -0.115. The maximum absolute atomic E-state index is 12.8. The molecular weight excluding hydrogens is 344 g/mol. The van der Waals surface area contributed by atoms with Crippen molar-refractivity contribution in [2.24, 2.45) is 0 Å². The zero-order valence-corrected chi connectivity index (χ0v) is 15.7. The predicted molar refractivity (Wildman–Crippen MR) is 91.7 cm³/mol. The Labute approximate surface area is 148 Å². The number of morpholine rings is 1. The van der Waals surface area contributed by atoms with Gasteiger partial charge in [-0.3, -0.25) is 4.79 Å². The molecule has 3 heterocycles. The van der Waals surface area contributed by atoms with Crippen molar-refractivity contribution in [3.63, 3.8) is 0 Å². The Kier molecular flexibility index (Phi) is 4.82. The van der Waals surface area contributed by atoms with Crippen LogP contribution in [0.5, 0.6) is 0 Å². The Morgan fingerprint density at radius 1 is 1.16 bits per heavy atom. The van der Waals surface area contributed by atoms with Gasteiger partial charge in [-0.1, -0.05) is 0 Å². The van der Waals surface area contributed by atoms with Gasteiger partial charge in [-0.25, -0.2) is 18.4 Å². The molecule has 2 aliphatic rings. The first-order valence-electron chi connectivity index (χ1n) is 8.38. The second-order valence-corrected chi connectivity index (χ2v) is 8.82. The van der Waals surface area contributed by atoms with Gasteiger partial charge in [0.05, 0.1) is 35.4 Å². The number of sulfonamides is 1. The first-order chi connectivity index (χ1) is 11.7. The Bertz CT molecular complexity index is 752. The van der Waals surface area contributed by atoms with Gasteiger partial charge >= 0.3 is 0 Å². The van der Waals surface area contributed by atoms with Gasteiger partial charge in [-0.15, -0.1) is 0 Å². The third-order valence-corrected chi connectivity index (χ3v) is 6.33. The average molecular weight is 368 g/mol. The lowest BCUT2D eigenvalue weighted by atomic mass is 9.89. The topological polar surface area (TPSA) is 92.7 Å². The highest BCUT2D eigenvalue weighted by Crippen LogP contribution is 2.31. The van der Waals surface area contributed by atoms with Crippen molar-refractivity contribution in [3.8, 4) is 0 Å². The molecule has 0 aromatic carbocycles. The van der Waals surface area contributed by atoms with Crippen molar-refractivity contribution in [1.82, 2.24) is 19.2 Å². The summed E-state index contributed by atoms with van der Waals surface area (Å²) in [5, 5.41) is 0. The fourth-order valence-electron chi connectivity index (χ4n) is 3.57. The van der Waals surface area contributed by atoms with Gasteiger partial charge in [0.2, 0.25) is 10.0 Å². The number of amides is 1. The van der Waals surface area contributed by atoms with Gasteiger partial charge in [0, 0.05) is 26.2 Å². The number of aromatic nitrogens is 2. The van der Waals surface area contributed by atoms with E-state index < -0.39 is 15.6 Å². The summed E-state index contributed by atoms with van der Waals surface area (Å²) in [7, 11) is -3.23. The number of piperidine rings is 1. The van der Waals surface area contributed by atoms with E-state index in [0.717, 1.165) is 0 Å². The van der Waals surface area contributed by atoms with Crippen molar-refractivity contribution < 1.29 is 17.9 Å². The highest BCUT2D eigenvalue weighted by atomic mass is 32.2. The van der Waals surface area contributed by atoms with Crippen LogP contribution in [0.4, 0.5) is 0 Å². The quantitative estimate of drug-likeness (QED) is 0.748. The van der Waals surface area contributed by atoms with Crippen molar-refractivity contribution >= 4 is 15.9 Å². The molecule has 2 fully saturated rings. The van der Waals surface area contributed by atoms with Crippen LogP contribution in [-0.4, -0.2) is 78.1 Å². The van der Waals surface area contributed by atoms with Gasteiger partial charge in [-0.2, -0.15) is 4.31 Å². The number of nitrogens with zero attached hydrogens (tertiary/aromatic N) is 4. The highest BCUT2D eigenvalue weighted by Gasteiger charge is 2.43. The van der Waals surface area contributed by atoms with Crippen LogP contribution in [0.3, 0.4) is 0 Å².